The molecule has 0 aliphatic carbocycles. The molecule has 2 unspecified atom stereocenters. The number of anilines is 2. The summed E-state index contributed by atoms with van der Waals surface area (Å²) in [4.78, 5) is 110. The van der Waals surface area contributed by atoms with Gasteiger partial charge in [-0.3, -0.25) is 38.6 Å². The predicted octanol–water partition coefficient (Wildman–Crippen LogP) is 1.39. The number of alkyl halides is 1. The number of allylic oxidation sites excluding steroid dienone is 1. The number of hydrogen-bond acceptors (Lipinski definition) is 16. The minimum absolute atomic E-state index is 0.0395. The summed E-state index contributed by atoms with van der Waals surface area (Å²) in [5.74, 6) is -3.73. The molecule has 70 heavy (non-hydrogen) atoms. The molecule has 10 atom stereocenters. The number of rotatable bonds is 21. The van der Waals surface area contributed by atoms with Gasteiger partial charge in [0.1, 0.15) is 54.9 Å². The fourth-order valence-corrected chi connectivity index (χ4v) is 9.50. The zero-order valence-corrected chi connectivity index (χ0v) is 41.6. The molecule has 380 valence electrons. The summed E-state index contributed by atoms with van der Waals surface area (Å²) in [6.07, 6.45) is 1.16. The minimum atomic E-state index is -1.59. The van der Waals surface area contributed by atoms with Gasteiger partial charge < -0.3 is 56.4 Å². The van der Waals surface area contributed by atoms with Crippen LogP contribution in [0.5, 0.6) is 0 Å². The van der Waals surface area contributed by atoms with Crippen molar-refractivity contribution in [3.8, 4) is 0 Å². The van der Waals surface area contributed by atoms with E-state index >= 15 is 0 Å². The number of hydrogen-bond donors (Lipinski definition) is 9. The highest BCUT2D eigenvalue weighted by Gasteiger charge is 2.49. The predicted molar refractivity (Wildman–Crippen MR) is 260 cm³/mol. The Hall–Kier alpha value is -5.83. The highest BCUT2D eigenvalue weighted by Crippen LogP contribution is 2.41. The lowest BCUT2D eigenvalue weighted by Gasteiger charge is -2.43. The zero-order valence-electron chi connectivity index (χ0n) is 39.4. The first-order valence-electron chi connectivity index (χ1n) is 23.3. The first-order chi connectivity index (χ1) is 33.4. The molecule has 2 aromatic heterocycles. The number of carbonyl (C=O) groups is 7. The summed E-state index contributed by atoms with van der Waals surface area (Å²) in [7, 11) is 0. The molecular formula is C46H62IN11O12. The number of aromatic amines is 1. The van der Waals surface area contributed by atoms with Crippen LogP contribution >= 0.6 is 22.6 Å². The second-order valence-electron chi connectivity index (χ2n) is 18.0. The fourth-order valence-electron chi connectivity index (χ4n) is 8.63. The molecular weight excluding hydrogens is 1030 g/mol. The molecule has 5 heterocycles. The maximum atomic E-state index is 13.6. The van der Waals surface area contributed by atoms with Crippen LogP contribution in [0.4, 0.5) is 16.3 Å². The summed E-state index contributed by atoms with van der Waals surface area (Å²) >= 11 is 2.20. The summed E-state index contributed by atoms with van der Waals surface area (Å²) in [6.45, 7) is 10.2. The number of likely N-dealkylation sites (tertiary alicyclic amines) is 2. The molecule has 0 saturated carbocycles. The van der Waals surface area contributed by atoms with Crippen molar-refractivity contribution in [3.63, 3.8) is 0 Å². The van der Waals surface area contributed by atoms with E-state index in [0.29, 0.717) is 35.3 Å². The van der Waals surface area contributed by atoms with Gasteiger partial charge in [-0.15, -0.1) is 6.58 Å². The van der Waals surface area contributed by atoms with Crippen molar-refractivity contribution in [2.24, 2.45) is 11.8 Å². The maximum absolute atomic E-state index is 13.6. The first-order valence-corrected chi connectivity index (χ1v) is 24.4. The van der Waals surface area contributed by atoms with E-state index in [-0.39, 0.29) is 62.5 Å². The number of carbonyl (C=O) groups excluding carboxylic acids is 7. The van der Waals surface area contributed by atoms with E-state index in [1.807, 2.05) is 6.92 Å². The van der Waals surface area contributed by atoms with Gasteiger partial charge in [-0.25, -0.2) is 19.7 Å². The van der Waals surface area contributed by atoms with Gasteiger partial charge >= 0.3 is 6.09 Å². The topological polar surface area (TPSA) is 320 Å². The van der Waals surface area contributed by atoms with Crippen molar-refractivity contribution in [3.05, 3.63) is 55.1 Å². The standard InChI is InChI=1S/C46H62IN11O12/c1-6-8-16-46(47,7-2)28-19-32(61)58(44(28)67)18-15-31(60)54-33(24(3)4)42(66)52-25(5)40(64)53-27-13-11-26(12-14-27)21-69-45(68)57-17-9-10-29(57)41(65)55-34-30(20-59)70-43(37(63)36(34)62)56-39-35-38(49-22-48-35)50-23-51-39/h7,11-14,22-25,28-30,33-34,36-37,43,59,62-63H,2,6,8-10,15-21H2,1,3-5H3,(H,52,66)(H,53,64)(H,54,60)(H,55,65)(H2,48,49,50,51,56)/t25-,28?,29-,30-,33-,34-,36+,37-,43-,46?/m0/s1. The molecule has 6 rings (SSSR count). The molecule has 0 radical (unpaired) electrons. The lowest BCUT2D eigenvalue weighted by Crippen LogP contribution is -2.67. The van der Waals surface area contributed by atoms with Crippen LogP contribution in [-0.2, 0) is 44.8 Å². The summed E-state index contributed by atoms with van der Waals surface area (Å²) < 4.78 is 10.8. The Bertz CT molecular complexity index is 2390. The van der Waals surface area contributed by atoms with Crippen LogP contribution in [0.1, 0.15) is 78.2 Å². The molecule has 9 N–H and O–H groups in total. The van der Waals surface area contributed by atoms with E-state index in [2.05, 4.69) is 75.7 Å². The zero-order chi connectivity index (χ0) is 50.9. The number of imidazole rings is 1. The molecule has 0 spiro atoms. The van der Waals surface area contributed by atoms with E-state index < -0.39 is 94.4 Å². The average molecular weight is 1090 g/mol. The number of unbranched alkanes of at least 4 members (excludes halogenated alkanes) is 1. The Balaban J connectivity index is 0.937. The second-order valence-corrected chi connectivity index (χ2v) is 20.0. The van der Waals surface area contributed by atoms with Crippen LogP contribution in [-0.4, -0.2) is 158 Å². The van der Waals surface area contributed by atoms with Crippen molar-refractivity contribution in [1.82, 2.24) is 45.7 Å². The number of benzene rings is 1. The number of amides is 7. The molecule has 3 aliphatic rings. The largest absolute Gasteiger partial charge is 0.445 e. The first kappa shape index (κ1) is 53.5. The van der Waals surface area contributed by atoms with Crippen LogP contribution < -0.4 is 26.6 Å². The molecule has 3 fully saturated rings. The van der Waals surface area contributed by atoms with E-state index in [9.17, 15) is 48.9 Å². The Morgan fingerprint density at radius 1 is 1.06 bits per heavy atom. The van der Waals surface area contributed by atoms with Gasteiger partial charge in [0, 0.05) is 31.6 Å². The van der Waals surface area contributed by atoms with E-state index in [0.717, 1.165) is 17.7 Å². The molecule has 7 amide bonds. The smallest absolute Gasteiger partial charge is 0.410 e. The van der Waals surface area contributed by atoms with Crippen molar-refractivity contribution < 1.29 is 58.4 Å². The number of aromatic nitrogens is 4. The number of aliphatic hydroxyl groups excluding tert-OH is 3. The number of ether oxygens (including phenoxy) is 2. The van der Waals surface area contributed by atoms with E-state index in [1.54, 1.807) is 44.2 Å². The molecule has 0 bridgehead atoms. The van der Waals surface area contributed by atoms with Crippen molar-refractivity contribution >= 4 is 86.8 Å². The Morgan fingerprint density at radius 2 is 1.80 bits per heavy atom. The lowest BCUT2D eigenvalue weighted by molar-refractivity contribution is -0.185. The van der Waals surface area contributed by atoms with Crippen molar-refractivity contribution in [2.45, 2.75) is 131 Å². The number of nitrogens with one attached hydrogen (secondary N) is 6. The van der Waals surface area contributed by atoms with Crippen LogP contribution in [0.3, 0.4) is 0 Å². The third kappa shape index (κ3) is 12.5. The van der Waals surface area contributed by atoms with Crippen LogP contribution in [0.15, 0.2) is 49.6 Å². The van der Waals surface area contributed by atoms with Gasteiger partial charge in [0.05, 0.1) is 28.3 Å². The fraction of sp³-hybridized carbons (Fsp3) is 0.565. The Labute approximate surface area is 417 Å². The molecule has 3 saturated heterocycles. The third-order valence-electron chi connectivity index (χ3n) is 12.8. The molecule has 24 heteroatoms. The van der Waals surface area contributed by atoms with Gasteiger partial charge in [-0.05, 0) is 49.8 Å². The molecule has 23 nitrogen and oxygen atoms in total. The monoisotopic (exact) mass is 1090 g/mol. The lowest BCUT2D eigenvalue weighted by atomic mass is 9.86. The van der Waals surface area contributed by atoms with Crippen LogP contribution in [0, 0.1) is 11.8 Å². The maximum Gasteiger partial charge on any atom is 0.410 e. The van der Waals surface area contributed by atoms with Crippen molar-refractivity contribution in [1.29, 1.82) is 0 Å². The number of aliphatic hydroxyl groups is 3. The molecule has 3 aliphatic heterocycles. The van der Waals surface area contributed by atoms with Crippen LogP contribution in [0.25, 0.3) is 11.2 Å². The quantitative estimate of drug-likeness (QED) is 0.0315. The summed E-state index contributed by atoms with van der Waals surface area (Å²) in [6, 6.07) is 2.14. The normalized spacial score (nSPS) is 24.2. The average Bonchev–Trinajstić information content (AvgIpc) is 4.11. The third-order valence-corrected chi connectivity index (χ3v) is 14.5. The number of nitrogens with zero attached hydrogens (tertiary/aromatic N) is 5. The Morgan fingerprint density at radius 3 is 2.49 bits per heavy atom. The SMILES string of the molecule is C=CC(I)(CCCC)C1CC(=O)N(CCC(=O)N[C@H](C(=O)N[C@@H](C)C(=O)Nc2ccc(COC(=O)N3CCC[C@H]3C(=O)N[C@@H]3[C@@H](O)[C@H](O)[C@@H](Nc4ncnc5nc[nH]c45)O[C@H]3CO)cc2)C(C)C)C1=O. The highest BCUT2D eigenvalue weighted by molar-refractivity contribution is 14.1. The van der Waals surface area contributed by atoms with Gasteiger partial charge in [0.15, 0.2) is 17.7 Å². The number of halogens is 1. The van der Waals surface area contributed by atoms with Crippen LogP contribution in [0.2, 0.25) is 0 Å². The van der Waals surface area contributed by atoms with E-state index in [4.69, 9.17) is 9.47 Å². The van der Waals surface area contributed by atoms with Gasteiger partial charge in [0.2, 0.25) is 35.4 Å². The summed E-state index contributed by atoms with van der Waals surface area (Å²) in [5, 5.41) is 45.8. The van der Waals surface area contributed by atoms with Gasteiger partial charge in [0.25, 0.3) is 0 Å². The summed E-state index contributed by atoms with van der Waals surface area (Å²) in [5.41, 5.74) is 1.71. The second kappa shape index (κ2) is 23.9. The van der Waals surface area contributed by atoms with Gasteiger partial charge in [-0.1, -0.05) is 74.4 Å². The Kier molecular flexibility index (Phi) is 18.2. The highest BCUT2D eigenvalue weighted by atomic mass is 127. The van der Waals surface area contributed by atoms with Crippen molar-refractivity contribution in [2.75, 3.05) is 30.3 Å². The number of fused-ring (bicyclic) bond motifs is 1. The molecule has 3 aromatic rings. The minimum Gasteiger partial charge on any atom is -0.445 e. The number of H-pyrrole nitrogens is 1. The van der Waals surface area contributed by atoms with Gasteiger partial charge in [-0.2, -0.15) is 0 Å². The number of imide groups is 1. The molecule has 1 aromatic carbocycles. The van der Waals surface area contributed by atoms with E-state index in [1.165, 1.54) is 24.5 Å².